The maximum absolute atomic E-state index is 12.0. The highest BCUT2D eigenvalue weighted by Crippen LogP contribution is 2.42. The zero-order chi connectivity index (χ0) is 15.5. The molecule has 1 N–H and O–H groups in total. The summed E-state index contributed by atoms with van der Waals surface area (Å²) in [6, 6.07) is 7.79. The Kier molecular flexibility index (Phi) is 4.38. The molecule has 1 aliphatic rings. The maximum atomic E-state index is 12.0. The Hall–Kier alpha value is -1.95. The van der Waals surface area contributed by atoms with Crippen LogP contribution in [0, 0.1) is 0 Å². The van der Waals surface area contributed by atoms with Gasteiger partial charge in [-0.1, -0.05) is 43.4 Å². The van der Waals surface area contributed by atoms with E-state index in [1.807, 2.05) is 24.3 Å². The van der Waals surface area contributed by atoms with Crippen molar-refractivity contribution in [2.45, 2.75) is 38.5 Å². The average Bonchev–Trinajstić information content (AvgIpc) is 3.26. The third-order valence-electron chi connectivity index (χ3n) is 3.51. The first-order valence-electron chi connectivity index (χ1n) is 7.48. The summed E-state index contributed by atoms with van der Waals surface area (Å²) in [5.74, 6) is 1.45. The van der Waals surface area contributed by atoms with Gasteiger partial charge in [-0.3, -0.25) is 10.1 Å². The summed E-state index contributed by atoms with van der Waals surface area (Å²) in [6.45, 7) is 4.17. The number of rotatable bonds is 6. The number of carbonyl (C=O) groups excluding carboxylic acids is 1. The van der Waals surface area contributed by atoms with E-state index < -0.39 is 0 Å². The number of benzene rings is 1. The average molecular weight is 317 g/mol. The quantitative estimate of drug-likeness (QED) is 0.885. The molecule has 1 fully saturated rings. The molecule has 0 spiro atoms. The lowest BCUT2D eigenvalue weighted by atomic mass is 10.0. The number of para-hydroxylation sites is 1. The van der Waals surface area contributed by atoms with Crippen LogP contribution < -0.4 is 10.1 Å². The molecule has 6 heteroatoms. The van der Waals surface area contributed by atoms with Crippen LogP contribution >= 0.6 is 11.3 Å². The predicted molar refractivity (Wildman–Crippen MR) is 86.5 cm³/mol. The molecule has 3 rings (SSSR count). The number of hydrogen-bond acceptors (Lipinski definition) is 5. The Balaban J connectivity index is 1.55. The first-order valence-corrected chi connectivity index (χ1v) is 8.30. The fourth-order valence-corrected chi connectivity index (χ4v) is 3.10. The molecule has 0 saturated heterocycles. The number of ether oxygens (including phenoxy) is 1. The van der Waals surface area contributed by atoms with Crippen molar-refractivity contribution in [1.29, 1.82) is 0 Å². The van der Waals surface area contributed by atoms with Crippen molar-refractivity contribution in [2.75, 3.05) is 11.9 Å². The number of nitrogens with zero attached hydrogens (tertiary/aromatic N) is 2. The fraction of sp³-hybridized carbons (Fsp3) is 0.438. The molecule has 1 heterocycles. The summed E-state index contributed by atoms with van der Waals surface area (Å²) >= 11 is 1.45. The van der Waals surface area contributed by atoms with Gasteiger partial charge in [-0.25, -0.2) is 0 Å². The van der Waals surface area contributed by atoms with Crippen LogP contribution in [-0.4, -0.2) is 22.7 Å². The van der Waals surface area contributed by atoms with E-state index in [1.165, 1.54) is 24.2 Å². The lowest BCUT2D eigenvalue weighted by molar-refractivity contribution is -0.118. The highest BCUT2D eigenvalue weighted by Gasteiger charge is 2.27. The number of aromatic nitrogens is 2. The zero-order valence-corrected chi connectivity index (χ0v) is 13.5. The fourth-order valence-electron chi connectivity index (χ4n) is 2.17. The molecule has 0 unspecified atom stereocenters. The molecular weight excluding hydrogens is 298 g/mol. The largest absolute Gasteiger partial charge is 0.483 e. The van der Waals surface area contributed by atoms with E-state index in [0.29, 0.717) is 17.0 Å². The van der Waals surface area contributed by atoms with Gasteiger partial charge in [0, 0.05) is 5.92 Å². The van der Waals surface area contributed by atoms with Crippen LogP contribution in [0.15, 0.2) is 24.3 Å². The van der Waals surface area contributed by atoms with Crippen LogP contribution in [0.25, 0.3) is 0 Å². The van der Waals surface area contributed by atoms with Gasteiger partial charge in [-0.15, -0.1) is 10.2 Å². The Morgan fingerprint density at radius 1 is 1.36 bits per heavy atom. The number of carbonyl (C=O) groups is 1. The third-order valence-corrected chi connectivity index (χ3v) is 4.51. The molecule has 2 aromatic rings. The van der Waals surface area contributed by atoms with Gasteiger partial charge < -0.3 is 4.74 Å². The van der Waals surface area contributed by atoms with Crippen molar-refractivity contribution in [2.24, 2.45) is 0 Å². The summed E-state index contributed by atoms with van der Waals surface area (Å²) in [4.78, 5) is 12.0. The number of amides is 1. The van der Waals surface area contributed by atoms with Crippen molar-refractivity contribution in [1.82, 2.24) is 10.2 Å². The minimum absolute atomic E-state index is 0.0257. The molecule has 116 valence electrons. The molecule has 0 bridgehead atoms. The molecule has 0 atom stereocenters. The first-order chi connectivity index (χ1) is 10.6. The van der Waals surface area contributed by atoms with Crippen molar-refractivity contribution in [3.63, 3.8) is 0 Å². The van der Waals surface area contributed by atoms with Crippen molar-refractivity contribution < 1.29 is 9.53 Å². The molecular formula is C16H19N3O2S. The number of hydrogen-bond donors (Lipinski definition) is 1. The second kappa shape index (κ2) is 6.44. The van der Waals surface area contributed by atoms with Gasteiger partial charge in [0.2, 0.25) is 5.13 Å². The van der Waals surface area contributed by atoms with Gasteiger partial charge in [-0.2, -0.15) is 0 Å². The van der Waals surface area contributed by atoms with Crippen molar-refractivity contribution >= 4 is 22.4 Å². The highest BCUT2D eigenvalue weighted by molar-refractivity contribution is 7.15. The van der Waals surface area contributed by atoms with E-state index in [4.69, 9.17) is 4.74 Å². The Morgan fingerprint density at radius 3 is 2.86 bits per heavy atom. The molecule has 1 aromatic heterocycles. The summed E-state index contributed by atoms with van der Waals surface area (Å²) in [5.41, 5.74) is 1.10. The lowest BCUT2D eigenvalue weighted by Gasteiger charge is -2.13. The number of nitrogens with one attached hydrogen (secondary N) is 1. The minimum atomic E-state index is -0.211. The van der Waals surface area contributed by atoms with E-state index in [9.17, 15) is 4.79 Å². The Morgan fingerprint density at radius 2 is 2.14 bits per heavy atom. The second-order valence-corrected chi connectivity index (χ2v) is 6.76. The second-order valence-electron chi connectivity index (χ2n) is 5.75. The molecule has 1 amide bonds. The van der Waals surface area contributed by atoms with E-state index >= 15 is 0 Å². The summed E-state index contributed by atoms with van der Waals surface area (Å²) in [6.07, 6.45) is 2.36. The molecule has 1 aliphatic carbocycles. The van der Waals surface area contributed by atoms with Gasteiger partial charge in [0.05, 0.1) is 0 Å². The minimum Gasteiger partial charge on any atom is -0.483 e. The predicted octanol–water partition coefficient (Wildman–Crippen LogP) is 3.56. The van der Waals surface area contributed by atoms with Crippen LogP contribution in [0.2, 0.25) is 0 Å². The van der Waals surface area contributed by atoms with Crippen molar-refractivity contribution in [3.8, 4) is 5.75 Å². The standard InChI is InChI=1S/C16H19N3O2S/c1-10(2)12-5-3-4-6-13(12)21-9-14(20)17-16-19-18-15(22-16)11-7-8-11/h3-6,10-11H,7-9H2,1-2H3,(H,17,19,20). The smallest absolute Gasteiger partial charge is 0.264 e. The van der Waals surface area contributed by atoms with Crippen LogP contribution in [0.1, 0.15) is 49.1 Å². The molecule has 1 saturated carbocycles. The zero-order valence-electron chi connectivity index (χ0n) is 12.7. The molecule has 22 heavy (non-hydrogen) atoms. The Labute approximate surface area is 133 Å². The molecule has 0 radical (unpaired) electrons. The summed E-state index contributed by atoms with van der Waals surface area (Å²) in [7, 11) is 0. The normalized spacial score (nSPS) is 14.1. The molecule has 1 aromatic carbocycles. The summed E-state index contributed by atoms with van der Waals surface area (Å²) in [5, 5.41) is 12.4. The lowest BCUT2D eigenvalue weighted by Crippen LogP contribution is -2.20. The Bertz CT molecular complexity index is 665. The first kappa shape index (κ1) is 15.0. The van der Waals surface area contributed by atoms with Gasteiger partial charge in [0.15, 0.2) is 6.61 Å². The monoisotopic (exact) mass is 317 g/mol. The van der Waals surface area contributed by atoms with Gasteiger partial charge in [0.25, 0.3) is 5.91 Å². The SMILES string of the molecule is CC(C)c1ccccc1OCC(=O)Nc1nnc(C2CC2)s1. The van der Waals surface area contributed by atoms with Gasteiger partial charge in [0.1, 0.15) is 10.8 Å². The maximum Gasteiger partial charge on any atom is 0.264 e. The third kappa shape index (κ3) is 3.62. The van der Waals surface area contributed by atoms with Crippen molar-refractivity contribution in [3.05, 3.63) is 34.8 Å². The van der Waals surface area contributed by atoms with E-state index in [2.05, 4.69) is 29.4 Å². The van der Waals surface area contributed by atoms with Crippen LogP contribution in [-0.2, 0) is 4.79 Å². The summed E-state index contributed by atoms with van der Waals surface area (Å²) < 4.78 is 5.64. The van der Waals surface area contributed by atoms with E-state index in [-0.39, 0.29) is 12.5 Å². The molecule has 0 aliphatic heterocycles. The molecule has 5 nitrogen and oxygen atoms in total. The van der Waals surface area contributed by atoms with Gasteiger partial charge in [-0.05, 0) is 30.4 Å². The van der Waals surface area contributed by atoms with Gasteiger partial charge >= 0.3 is 0 Å². The number of anilines is 1. The van der Waals surface area contributed by atoms with Crippen LogP contribution in [0.3, 0.4) is 0 Å². The van der Waals surface area contributed by atoms with E-state index in [0.717, 1.165) is 16.3 Å². The highest BCUT2D eigenvalue weighted by atomic mass is 32.1. The van der Waals surface area contributed by atoms with E-state index in [1.54, 1.807) is 0 Å². The van der Waals surface area contributed by atoms with Crippen LogP contribution in [0.5, 0.6) is 5.75 Å². The topological polar surface area (TPSA) is 64.1 Å². The van der Waals surface area contributed by atoms with Crippen LogP contribution in [0.4, 0.5) is 5.13 Å².